The number of carbonyl (C=O) groups excluding carboxylic acids is 1. The van der Waals surface area contributed by atoms with Gasteiger partial charge in [-0.2, -0.15) is 13.2 Å². The van der Waals surface area contributed by atoms with Crippen molar-refractivity contribution in [3.63, 3.8) is 0 Å². The van der Waals surface area contributed by atoms with Crippen molar-refractivity contribution < 1.29 is 22.4 Å². The smallest absolute Gasteiger partial charge is 0.316 e. The van der Waals surface area contributed by atoms with E-state index in [0.717, 1.165) is 18.5 Å². The van der Waals surface area contributed by atoms with Gasteiger partial charge < -0.3 is 5.32 Å². The van der Waals surface area contributed by atoms with Crippen molar-refractivity contribution in [3.8, 4) is 0 Å². The topological polar surface area (TPSA) is 59.8 Å². The third kappa shape index (κ3) is 11.1. The van der Waals surface area contributed by atoms with Gasteiger partial charge in [-0.25, -0.2) is 14.1 Å². The van der Waals surface area contributed by atoms with E-state index in [1.165, 1.54) is 25.3 Å². The molecule has 0 amide bonds. The predicted molar refractivity (Wildman–Crippen MR) is 145 cm³/mol. The van der Waals surface area contributed by atoms with Gasteiger partial charge >= 0.3 is 6.18 Å². The number of fused-ring (bicyclic) bond motifs is 1. The fourth-order valence-electron chi connectivity index (χ4n) is 3.96. The molecule has 0 bridgehead atoms. The van der Waals surface area contributed by atoms with Crippen LogP contribution < -0.4 is 5.32 Å². The Morgan fingerprint density at radius 2 is 1.76 bits per heavy atom. The van der Waals surface area contributed by atoms with Gasteiger partial charge in [0.15, 0.2) is 12.0 Å². The molecule has 9 heteroatoms. The van der Waals surface area contributed by atoms with Crippen LogP contribution in [0.1, 0.15) is 114 Å². The summed E-state index contributed by atoms with van der Waals surface area (Å²) < 4.78 is 50.6. The van der Waals surface area contributed by atoms with Crippen LogP contribution >= 0.6 is 0 Å². The molecule has 0 fully saturated rings. The van der Waals surface area contributed by atoms with Crippen molar-refractivity contribution in [2.45, 2.75) is 98.0 Å². The standard InChI is InChI=1S/C15H16FN3O.C8H17N.C6H11F3/c1-2-6-13(20)14-17-15-11(16)9-12(19(15)18-14)10-7-4-3-5-8-10;1-4-5-8(2)6-7-9-3;1-3-4-5(2)6(7,8)9/h3-5,7-8,11-12H,2,6,9H2,1H3;6,9H,4-5,7H2,1-3H3;5H,3-4H2,1-2H3/b;8-6-;. The molecule has 1 aliphatic heterocycles. The zero-order chi connectivity index (χ0) is 28.7. The number of aromatic nitrogens is 3. The number of alkyl halides is 4. The van der Waals surface area contributed by atoms with E-state index in [0.29, 0.717) is 19.3 Å². The fraction of sp³-hybridized carbons (Fsp3) is 0.621. The molecule has 3 rings (SSSR count). The molecule has 0 saturated carbocycles. The van der Waals surface area contributed by atoms with Gasteiger partial charge in [-0.3, -0.25) is 4.79 Å². The van der Waals surface area contributed by atoms with Crippen LogP contribution in [0.5, 0.6) is 0 Å². The van der Waals surface area contributed by atoms with Gasteiger partial charge in [0.05, 0.1) is 12.0 Å². The molecule has 3 atom stereocenters. The van der Waals surface area contributed by atoms with Crippen molar-refractivity contribution in [3.05, 3.63) is 59.2 Å². The van der Waals surface area contributed by atoms with E-state index in [1.807, 2.05) is 44.3 Å². The number of hydrogen-bond acceptors (Lipinski definition) is 4. The third-order valence-electron chi connectivity index (χ3n) is 6.15. The molecule has 214 valence electrons. The quantitative estimate of drug-likeness (QED) is 0.187. The summed E-state index contributed by atoms with van der Waals surface area (Å²) in [6.07, 6.45) is 1.90. The average Bonchev–Trinajstić information content (AvgIpc) is 3.45. The van der Waals surface area contributed by atoms with Crippen LogP contribution in [0.3, 0.4) is 0 Å². The zero-order valence-electron chi connectivity index (χ0n) is 23.6. The maximum atomic E-state index is 14.1. The number of carbonyl (C=O) groups is 1. The van der Waals surface area contributed by atoms with Crippen LogP contribution in [-0.2, 0) is 0 Å². The second-order valence-corrected chi connectivity index (χ2v) is 9.63. The van der Waals surface area contributed by atoms with E-state index in [2.05, 4.69) is 35.3 Å². The van der Waals surface area contributed by atoms with E-state index >= 15 is 0 Å². The lowest BCUT2D eigenvalue weighted by molar-refractivity contribution is -0.171. The van der Waals surface area contributed by atoms with Crippen LogP contribution in [0.2, 0.25) is 0 Å². The molecule has 5 nitrogen and oxygen atoms in total. The SMILES string of the molecule is CCC/C(C)=C\CNC.CCCC(=O)c1nc2n(n1)C(c1ccccc1)CC2F.CCCC(C)C(F)(F)F. The highest BCUT2D eigenvalue weighted by Crippen LogP contribution is 2.39. The van der Waals surface area contributed by atoms with Crippen LogP contribution in [0, 0.1) is 5.92 Å². The largest absolute Gasteiger partial charge is 0.391 e. The maximum Gasteiger partial charge on any atom is 0.391 e. The molecule has 2 aromatic rings. The summed E-state index contributed by atoms with van der Waals surface area (Å²) in [5.41, 5.74) is 2.49. The minimum absolute atomic E-state index is 0.117. The highest BCUT2D eigenvalue weighted by Gasteiger charge is 2.36. The van der Waals surface area contributed by atoms with Crippen molar-refractivity contribution in [1.29, 1.82) is 0 Å². The van der Waals surface area contributed by atoms with E-state index in [4.69, 9.17) is 0 Å². The number of nitrogens with zero attached hydrogens (tertiary/aromatic N) is 3. The Balaban J connectivity index is 0.000000337. The van der Waals surface area contributed by atoms with Gasteiger partial charge in [-0.1, -0.05) is 82.5 Å². The number of hydrogen-bond donors (Lipinski definition) is 1. The van der Waals surface area contributed by atoms with Crippen molar-refractivity contribution in [2.24, 2.45) is 5.92 Å². The first-order chi connectivity index (χ1) is 18.0. The molecule has 0 aliphatic carbocycles. The number of nitrogens with one attached hydrogen (secondary N) is 1. The minimum atomic E-state index is -3.99. The van der Waals surface area contributed by atoms with Crippen molar-refractivity contribution >= 4 is 5.78 Å². The Kier molecular flexibility index (Phi) is 15.1. The summed E-state index contributed by atoms with van der Waals surface area (Å²) in [6.45, 7) is 10.3. The van der Waals surface area contributed by atoms with E-state index in [-0.39, 0.29) is 29.9 Å². The Bertz CT molecular complexity index is 973. The van der Waals surface area contributed by atoms with Crippen molar-refractivity contribution in [1.82, 2.24) is 20.1 Å². The van der Waals surface area contributed by atoms with Gasteiger partial charge in [0.2, 0.25) is 11.6 Å². The molecule has 0 spiro atoms. The molecule has 3 unspecified atom stereocenters. The number of ketones is 1. The normalized spacial score (nSPS) is 17.6. The Hall–Kier alpha value is -2.55. The molecular formula is C29H44F4N4O. The first kappa shape index (κ1) is 33.5. The number of likely N-dealkylation sites (N-methyl/N-ethyl adjacent to an activating group) is 1. The summed E-state index contributed by atoms with van der Waals surface area (Å²) in [7, 11) is 1.97. The second kappa shape index (κ2) is 17.1. The van der Waals surface area contributed by atoms with Gasteiger partial charge in [-0.15, -0.1) is 5.10 Å². The molecule has 0 radical (unpaired) electrons. The number of rotatable bonds is 10. The second-order valence-electron chi connectivity index (χ2n) is 9.63. The van der Waals surface area contributed by atoms with Gasteiger partial charge in [0.1, 0.15) is 0 Å². The zero-order valence-corrected chi connectivity index (χ0v) is 23.6. The minimum Gasteiger partial charge on any atom is -0.316 e. The van der Waals surface area contributed by atoms with Gasteiger partial charge in [0, 0.05) is 19.4 Å². The Labute approximate surface area is 225 Å². The van der Waals surface area contributed by atoms with Crippen LogP contribution in [0.4, 0.5) is 17.6 Å². The molecule has 1 aromatic heterocycles. The highest BCUT2D eigenvalue weighted by atomic mass is 19.4. The Morgan fingerprint density at radius 1 is 1.13 bits per heavy atom. The van der Waals surface area contributed by atoms with E-state index in [9.17, 15) is 22.4 Å². The van der Waals surface area contributed by atoms with Crippen LogP contribution in [-0.4, -0.2) is 40.3 Å². The summed E-state index contributed by atoms with van der Waals surface area (Å²) in [4.78, 5) is 15.9. The monoisotopic (exact) mass is 540 g/mol. The summed E-state index contributed by atoms with van der Waals surface area (Å²) in [5, 5.41) is 7.31. The van der Waals surface area contributed by atoms with Gasteiger partial charge in [0.25, 0.3) is 0 Å². The summed E-state index contributed by atoms with van der Waals surface area (Å²) in [5.74, 6) is -0.834. The first-order valence-corrected chi connectivity index (χ1v) is 13.5. The third-order valence-corrected chi connectivity index (χ3v) is 6.15. The van der Waals surface area contributed by atoms with Crippen molar-refractivity contribution in [2.75, 3.05) is 13.6 Å². The predicted octanol–water partition coefficient (Wildman–Crippen LogP) is 8.20. The lowest BCUT2D eigenvalue weighted by Crippen LogP contribution is -2.19. The average molecular weight is 541 g/mol. The number of halogens is 4. The summed E-state index contributed by atoms with van der Waals surface area (Å²) >= 11 is 0. The molecular weight excluding hydrogens is 496 g/mol. The molecule has 2 heterocycles. The first-order valence-electron chi connectivity index (χ1n) is 13.5. The summed E-state index contributed by atoms with van der Waals surface area (Å²) in [6, 6.07) is 9.48. The number of Topliss-reactive ketones (excluding diaryl/α,β-unsaturated/α-hetero) is 1. The van der Waals surface area contributed by atoms with Crippen LogP contribution in [0.25, 0.3) is 0 Å². The van der Waals surface area contributed by atoms with Gasteiger partial charge in [-0.05, 0) is 38.8 Å². The lowest BCUT2D eigenvalue weighted by atomic mass is 10.0. The molecule has 1 aromatic carbocycles. The maximum absolute atomic E-state index is 14.1. The number of benzene rings is 1. The van der Waals surface area contributed by atoms with E-state index < -0.39 is 18.3 Å². The highest BCUT2D eigenvalue weighted by molar-refractivity contribution is 5.92. The molecule has 0 saturated heterocycles. The lowest BCUT2D eigenvalue weighted by Gasteiger charge is -2.13. The molecule has 1 N–H and O–H groups in total. The molecule has 1 aliphatic rings. The Morgan fingerprint density at radius 3 is 2.26 bits per heavy atom. The van der Waals surface area contributed by atoms with Crippen LogP contribution in [0.15, 0.2) is 42.0 Å². The molecule has 38 heavy (non-hydrogen) atoms. The number of allylic oxidation sites excluding steroid dienone is 1. The fourth-order valence-corrected chi connectivity index (χ4v) is 3.96. The van der Waals surface area contributed by atoms with E-state index in [1.54, 1.807) is 11.6 Å².